The molecule has 0 aromatic rings. The molecule has 4 aliphatic carbocycles. The summed E-state index contributed by atoms with van der Waals surface area (Å²) in [7, 11) is 0. The van der Waals surface area contributed by atoms with Gasteiger partial charge in [0.2, 0.25) is 0 Å². The summed E-state index contributed by atoms with van der Waals surface area (Å²) in [5, 5.41) is 3.82. The lowest BCUT2D eigenvalue weighted by Gasteiger charge is -2.58. The van der Waals surface area contributed by atoms with Gasteiger partial charge in [-0.2, -0.15) is 0 Å². The summed E-state index contributed by atoms with van der Waals surface area (Å²) in [6, 6.07) is 0.800. The first-order chi connectivity index (χ1) is 8.55. The van der Waals surface area contributed by atoms with Crippen LogP contribution < -0.4 is 5.32 Å². The van der Waals surface area contributed by atoms with Crippen molar-refractivity contribution in [3.8, 4) is 0 Å². The Morgan fingerprint density at radius 2 is 1.50 bits per heavy atom. The molecular formula is C17H29N. The van der Waals surface area contributed by atoms with Crippen LogP contribution in [0.4, 0.5) is 0 Å². The Morgan fingerprint density at radius 1 is 0.944 bits per heavy atom. The highest BCUT2D eigenvalue weighted by molar-refractivity contribution is 5.05. The molecule has 1 heterocycles. The van der Waals surface area contributed by atoms with Crippen molar-refractivity contribution >= 4 is 0 Å². The molecule has 5 fully saturated rings. The van der Waals surface area contributed by atoms with Crippen LogP contribution in [0.3, 0.4) is 0 Å². The third-order valence-corrected chi connectivity index (χ3v) is 6.91. The molecule has 102 valence electrons. The quantitative estimate of drug-likeness (QED) is 0.778. The van der Waals surface area contributed by atoms with Crippen LogP contribution in [0, 0.1) is 28.6 Å². The number of hydrogen-bond acceptors (Lipinski definition) is 1. The van der Waals surface area contributed by atoms with Crippen LogP contribution in [0.2, 0.25) is 0 Å². The minimum absolute atomic E-state index is 0.545. The Balaban J connectivity index is 1.54. The van der Waals surface area contributed by atoms with Gasteiger partial charge >= 0.3 is 0 Å². The maximum atomic E-state index is 3.82. The van der Waals surface area contributed by atoms with E-state index in [-0.39, 0.29) is 0 Å². The zero-order chi connectivity index (χ0) is 12.4. The summed E-state index contributed by atoms with van der Waals surface area (Å²) in [5.74, 6) is 3.34. The lowest BCUT2D eigenvalue weighted by molar-refractivity contribution is -0.0657. The second-order valence-corrected chi connectivity index (χ2v) is 8.87. The molecule has 1 atom stereocenters. The Kier molecular flexibility index (Phi) is 2.45. The normalized spacial score (nSPS) is 53.0. The Morgan fingerprint density at radius 3 is 1.94 bits per heavy atom. The van der Waals surface area contributed by atoms with E-state index in [1.54, 1.807) is 38.5 Å². The number of rotatable bonds is 2. The summed E-state index contributed by atoms with van der Waals surface area (Å²) < 4.78 is 0. The largest absolute Gasteiger partial charge is 0.313 e. The molecule has 0 radical (unpaired) electrons. The van der Waals surface area contributed by atoms with Crippen LogP contribution in [0.1, 0.15) is 65.2 Å². The standard InChI is InChI=1S/C17H29N/c1-16(2)3-4-18-15(16)11-17-8-12-5-13(9-17)7-14(6-12)10-17/h12-15,18H,3-11H2,1-2H3. The molecule has 0 aromatic carbocycles. The first-order valence-corrected chi connectivity index (χ1v) is 8.28. The third-order valence-electron chi connectivity index (χ3n) is 6.91. The molecule has 5 rings (SSSR count). The second kappa shape index (κ2) is 3.75. The second-order valence-electron chi connectivity index (χ2n) is 8.87. The van der Waals surface area contributed by atoms with E-state index in [4.69, 9.17) is 0 Å². The minimum atomic E-state index is 0.545. The van der Waals surface area contributed by atoms with Gasteiger partial charge in [-0.25, -0.2) is 0 Å². The van der Waals surface area contributed by atoms with Crippen LogP contribution in [-0.2, 0) is 0 Å². The summed E-state index contributed by atoms with van der Waals surface area (Å²) in [4.78, 5) is 0. The van der Waals surface area contributed by atoms with Gasteiger partial charge < -0.3 is 5.32 Å². The van der Waals surface area contributed by atoms with Crippen molar-refractivity contribution in [2.45, 2.75) is 71.3 Å². The maximum absolute atomic E-state index is 3.82. The van der Waals surface area contributed by atoms with Crippen molar-refractivity contribution < 1.29 is 0 Å². The van der Waals surface area contributed by atoms with Crippen LogP contribution in [-0.4, -0.2) is 12.6 Å². The van der Waals surface area contributed by atoms with Gasteiger partial charge in [-0.05, 0) is 86.5 Å². The highest BCUT2D eigenvalue weighted by atomic mass is 15.0. The third kappa shape index (κ3) is 1.77. The minimum Gasteiger partial charge on any atom is -0.313 e. The molecule has 5 aliphatic rings. The van der Waals surface area contributed by atoms with Crippen LogP contribution in [0.15, 0.2) is 0 Å². The SMILES string of the molecule is CC1(C)CCNC1CC12CC3CC(CC(C3)C1)C2. The van der Waals surface area contributed by atoms with Crippen molar-refractivity contribution in [2.75, 3.05) is 6.54 Å². The molecule has 1 saturated heterocycles. The number of nitrogens with one attached hydrogen (secondary N) is 1. The van der Waals surface area contributed by atoms with E-state index in [1.807, 2.05) is 0 Å². The Labute approximate surface area is 112 Å². The first-order valence-electron chi connectivity index (χ1n) is 8.28. The van der Waals surface area contributed by atoms with Crippen LogP contribution in [0.25, 0.3) is 0 Å². The molecule has 1 unspecified atom stereocenters. The van der Waals surface area contributed by atoms with Gasteiger partial charge in [0.05, 0.1) is 0 Å². The monoisotopic (exact) mass is 247 g/mol. The fourth-order valence-electron chi connectivity index (χ4n) is 6.34. The smallest absolute Gasteiger partial charge is 0.0124 e. The van der Waals surface area contributed by atoms with E-state index < -0.39 is 0 Å². The molecule has 18 heavy (non-hydrogen) atoms. The molecule has 4 saturated carbocycles. The lowest BCUT2D eigenvalue weighted by atomic mass is 9.48. The molecular weight excluding hydrogens is 218 g/mol. The fraction of sp³-hybridized carbons (Fsp3) is 1.00. The molecule has 0 aromatic heterocycles. The molecule has 4 bridgehead atoms. The zero-order valence-corrected chi connectivity index (χ0v) is 12.2. The summed E-state index contributed by atoms with van der Waals surface area (Å²) in [5.41, 5.74) is 1.30. The maximum Gasteiger partial charge on any atom is 0.0124 e. The molecule has 1 N–H and O–H groups in total. The van der Waals surface area contributed by atoms with Crippen molar-refractivity contribution in [1.29, 1.82) is 0 Å². The average molecular weight is 247 g/mol. The van der Waals surface area contributed by atoms with Gasteiger partial charge in [0.1, 0.15) is 0 Å². The topological polar surface area (TPSA) is 12.0 Å². The van der Waals surface area contributed by atoms with E-state index in [9.17, 15) is 0 Å². The van der Waals surface area contributed by atoms with Crippen molar-refractivity contribution in [3.05, 3.63) is 0 Å². The fourth-order valence-corrected chi connectivity index (χ4v) is 6.34. The first kappa shape index (κ1) is 11.8. The van der Waals surface area contributed by atoms with E-state index in [2.05, 4.69) is 19.2 Å². The van der Waals surface area contributed by atoms with Gasteiger partial charge in [-0.1, -0.05) is 13.8 Å². The van der Waals surface area contributed by atoms with E-state index in [1.165, 1.54) is 19.4 Å². The highest BCUT2D eigenvalue weighted by Crippen LogP contribution is 2.62. The van der Waals surface area contributed by atoms with E-state index in [0.717, 1.165) is 29.2 Å². The summed E-state index contributed by atoms with van der Waals surface area (Å²) >= 11 is 0. The number of hydrogen-bond donors (Lipinski definition) is 1. The van der Waals surface area contributed by atoms with Gasteiger partial charge in [-0.3, -0.25) is 0 Å². The lowest BCUT2D eigenvalue weighted by Crippen LogP contribution is -2.49. The summed E-state index contributed by atoms with van der Waals surface area (Å²) in [6.07, 6.45) is 12.4. The molecule has 1 heteroatoms. The van der Waals surface area contributed by atoms with Crippen LogP contribution >= 0.6 is 0 Å². The predicted octanol–water partition coefficient (Wildman–Crippen LogP) is 3.98. The Bertz CT molecular complexity index is 308. The van der Waals surface area contributed by atoms with Gasteiger partial charge in [-0.15, -0.1) is 0 Å². The summed E-state index contributed by atoms with van der Waals surface area (Å²) in [6.45, 7) is 6.22. The van der Waals surface area contributed by atoms with Gasteiger partial charge in [0, 0.05) is 6.04 Å². The van der Waals surface area contributed by atoms with Gasteiger partial charge in [0.15, 0.2) is 0 Å². The molecule has 1 aliphatic heterocycles. The molecule has 1 nitrogen and oxygen atoms in total. The Hall–Kier alpha value is -0.0400. The van der Waals surface area contributed by atoms with Crippen molar-refractivity contribution in [2.24, 2.45) is 28.6 Å². The zero-order valence-electron chi connectivity index (χ0n) is 12.2. The average Bonchev–Trinajstić information content (AvgIpc) is 2.55. The van der Waals surface area contributed by atoms with Crippen LogP contribution in [0.5, 0.6) is 0 Å². The van der Waals surface area contributed by atoms with E-state index >= 15 is 0 Å². The highest BCUT2D eigenvalue weighted by Gasteiger charge is 2.52. The molecule has 0 amide bonds. The molecule has 0 spiro atoms. The predicted molar refractivity (Wildman–Crippen MR) is 75.4 cm³/mol. The van der Waals surface area contributed by atoms with E-state index in [0.29, 0.717) is 5.41 Å². The van der Waals surface area contributed by atoms with Crippen molar-refractivity contribution in [1.82, 2.24) is 5.32 Å². The van der Waals surface area contributed by atoms with Crippen molar-refractivity contribution in [3.63, 3.8) is 0 Å². The van der Waals surface area contributed by atoms with Gasteiger partial charge in [0.25, 0.3) is 0 Å².